The van der Waals surface area contributed by atoms with Crippen LogP contribution in [0.25, 0.3) is 0 Å². The van der Waals surface area contributed by atoms with Crippen molar-refractivity contribution in [2.75, 3.05) is 18.1 Å². The van der Waals surface area contributed by atoms with Crippen LogP contribution in [0.15, 0.2) is 47.1 Å². The SMILES string of the molecule is CCC1=CCC(C2CC(C(=O)NN3CCCCCC3)=NN2c2ccc(Cl)cc2Cl)C=C1. The number of nitrogens with one attached hydrogen (secondary N) is 1. The standard InChI is InChI=1S/C24H30Cl2N4O/c1-2-17-7-9-18(10-8-17)23-16-21(24(31)28-29-13-5-3-4-6-14-29)27-30(23)22-12-11-19(25)15-20(22)26/h7-9,11-12,15,18,23H,2-6,10,13-14,16H2,1H3,(H,28,31). The number of anilines is 1. The highest BCUT2D eigenvalue weighted by Gasteiger charge is 2.37. The molecular weight excluding hydrogens is 431 g/mol. The lowest BCUT2D eigenvalue weighted by Crippen LogP contribution is -2.45. The van der Waals surface area contributed by atoms with E-state index in [2.05, 4.69) is 30.6 Å². The van der Waals surface area contributed by atoms with Crippen LogP contribution in [-0.4, -0.2) is 35.8 Å². The molecule has 5 nitrogen and oxygen atoms in total. The van der Waals surface area contributed by atoms with Gasteiger partial charge in [0.2, 0.25) is 0 Å². The van der Waals surface area contributed by atoms with Gasteiger partial charge in [0.1, 0.15) is 5.71 Å². The quantitative estimate of drug-likeness (QED) is 0.608. The Morgan fingerprint density at radius 1 is 1.19 bits per heavy atom. The summed E-state index contributed by atoms with van der Waals surface area (Å²) in [5.74, 6) is 0.151. The highest BCUT2D eigenvalue weighted by molar-refractivity contribution is 6.40. The maximum atomic E-state index is 13.1. The minimum Gasteiger partial charge on any atom is -0.284 e. The smallest absolute Gasteiger partial charge is 0.281 e. The summed E-state index contributed by atoms with van der Waals surface area (Å²) >= 11 is 12.6. The Kier molecular flexibility index (Phi) is 7.36. The lowest BCUT2D eigenvalue weighted by molar-refractivity contribution is -0.119. The third-order valence-electron chi connectivity index (χ3n) is 6.34. The second-order valence-electron chi connectivity index (χ2n) is 8.49. The van der Waals surface area contributed by atoms with Crippen LogP contribution in [0.4, 0.5) is 5.69 Å². The molecule has 0 aromatic heterocycles. The molecule has 7 heteroatoms. The van der Waals surface area contributed by atoms with Crippen LogP contribution in [0.5, 0.6) is 0 Å². The minimum atomic E-state index is -0.107. The molecule has 1 aromatic rings. The maximum absolute atomic E-state index is 13.1. The van der Waals surface area contributed by atoms with E-state index in [1.165, 1.54) is 18.4 Å². The average molecular weight is 461 g/mol. The molecule has 166 valence electrons. The van der Waals surface area contributed by atoms with Crippen molar-refractivity contribution in [3.05, 3.63) is 52.0 Å². The number of benzene rings is 1. The average Bonchev–Trinajstić information content (AvgIpc) is 3.05. The number of carbonyl (C=O) groups excluding carboxylic acids is 1. The molecule has 2 unspecified atom stereocenters. The molecule has 31 heavy (non-hydrogen) atoms. The summed E-state index contributed by atoms with van der Waals surface area (Å²) in [6.45, 7) is 3.95. The predicted octanol–water partition coefficient (Wildman–Crippen LogP) is 5.75. The second kappa shape index (κ2) is 10.2. The maximum Gasteiger partial charge on any atom is 0.281 e. The van der Waals surface area contributed by atoms with Gasteiger partial charge in [0.05, 0.1) is 16.8 Å². The molecule has 4 rings (SSSR count). The monoisotopic (exact) mass is 460 g/mol. The van der Waals surface area contributed by atoms with E-state index in [4.69, 9.17) is 28.3 Å². The lowest BCUT2D eigenvalue weighted by Gasteiger charge is -2.30. The predicted molar refractivity (Wildman–Crippen MR) is 129 cm³/mol. The van der Waals surface area contributed by atoms with E-state index in [0.717, 1.165) is 44.5 Å². The Hall–Kier alpha value is -1.82. The largest absolute Gasteiger partial charge is 0.284 e. The van der Waals surface area contributed by atoms with E-state index >= 15 is 0 Å². The number of allylic oxidation sites excluding steroid dienone is 3. The molecule has 1 saturated heterocycles. The normalized spacial score (nSPS) is 24.5. The molecule has 1 aliphatic carbocycles. The second-order valence-corrected chi connectivity index (χ2v) is 9.34. The van der Waals surface area contributed by atoms with E-state index in [1.54, 1.807) is 6.07 Å². The molecule has 1 aromatic carbocycles. The van der Waals surface area contributed by atoms with Gasteiger partial charge < -0.3 is 0 Å². The van der Waals surface area contributed by atoms with Gasteiger partial charge in [-0.15, -0.1) is 0 Å². The van der Waals surface area contributed by atoms with Crippen LogP contribution in [0.3, 0.4) is 0 Å². The van der Waals surface area contributed by atoms with Crippen molar-refractivity contribution in [1.29, 1.82) is 0 Å². The molecule has 1 N–H and O–H groups in total. The number of nitrogens with zero attached hydrogens (tertiary/aromatic N) is 3. The molecule has 0 saturated carbocycles. The van der Waals surface area contributed by atoms with Crippen LogP contribution in [-0.2, 0) is 4.79 Å². The summed E-state index contributed by atoms with van der Waals surface area (Å²) in [4.78, 5) is 13.1. The highest BCUT2D eigenvalue weighted by Crippen LogP contribution is 2.37. The molecule has 1 fully saturated rings. The summed E-state index contributed by atoms with van der Waals surface area (Å²) in [5, 5.41) is 9.86. The number of hydrazone groups is 1. The van der Waals surface area contributed by atoms with Gasteiger partial charge >= 0.3 is 0 Å². The number of hydrogen-bond acceptors (Lipinski definition) is 4. The van der Waals surface area contributed by atoms with Crippen molar-refractivity contribution < 1.29 is 4.79 Å². The highest BCUT2D eigenvalue weighted by atomic mass is 35.5. The van der Waals surface area contributed by atoms with Gasteiger partial charge in [0.25, 0.3) is 5.91 Å². The fourth-order valence-electron chi connectivity index (χ4n) is 4.52. The van der Waals surface area contributed by atoms with Crippen LogP contribution in [0.1, 0.15) is 51.9 Å². The van der Waals surface area contributed by atoms with Crippen LogP contribution < -0.4 is 10.4 Å². The van der Waals surface area contributed by atoms with Gasteiger partial charge in [-0.3, -0.25) is 15.2 Å². The summed E-state index contributed by atoms with van der Waals surface area (Å²) < 4.78 is 0. The fraction of sp³-hybridized carbons (Fsp3) is 0.500. The molecule has 1 amide bonds. The first kappa shape index (κ1) is 22.4. The van der Waals surface area contributed by atoms with Gasteiger partial charge in [0, 0.05) is 30.5 Å². The van der Waals surface area contributed by atoms with Gasteiger partial charge in [-0.1, -0.05) is 66.8 Å². The van der Waals surface area contributed by atoms with Crippen molar-refractivity contribution in [1.82, 2.24) is 10.4 Å². The molecule has 2 heterocycles. The van der Waals surface area contributed by atoms with Gasteiger partial charge in [-0.05, 0) is 43.9 Å². The third kappa shape index (κ3) is 5.33. The fourth-order valence-corrected chi connectivity index (χ4v) is 5.01. The lowest BCUT2D eigenvalue weighted by atomic mass is 9.87. The van der Waals surface area contributed by atoms with E-state index in [1.807, 2.05) is 22.2 Å². The van der Waals surface area contributed by atoms with E-state index < -0.39 is 0 Å². The number of rotatable bonds is 5. The number of hydrogen-bond donors (Lipinski definition) is 1. The molecule has 3 aliphatic rings. The molecule has 0 bridgehead atoms. The molecule has 2 aliphatic heterocycles. The Balaban J connectivity index is 1.56. The van der Waals surface area contributed by atoms with E-state index in [9.17, 15) is 4.79 Å². The first-order chi connectivity index (χ1) is 15.0. The van der Waals surface area contributed by atoms with Crippen molar-refractivity contribution >= 4 is 40.5 Å². The first-order valence-electron chi connectivity index (χ1n) is 11.3. The number of carbonyl (C=O) groups is 1. The number of halogens is 2. The Labute approximate surface area is 194 Å². The Morgan fingerprint density at radius 3 is 2.61 bits per heavy atom. The molecule has 0 radical (unpaired) electrons. The topological polar surface area (TPSA) is 47.9 Å². The van der Waals surface area contributed by atoms with Crippen molar-refractivity contribution in [3.63, 3.8) is 0 Å². The zero-order chi connectivity index (χ0) is 21.8. The van der Waals surface area contributed by atoms with Crippen molar-refractivity contribution in [2.45, 2.75) is 57.9 Å². The zero-order valence-corrected chi connectivity index (χ0v) is 19.5. The molecule has 2 atom stereocenters. The minimum absolute atomic E-state index is 0.0365. The third-order valence-corrected chi connectivity index (χ3v) is 6.88. The van der Waals surface area contributed by atoms with E-state index in [0.29, 0.717) is 22.2 Å². The Morgan fingerprint density at radius 2 is 1.97 bits per heavy atom. The van der Waals surface area contributed by atoms with Gasteiger partial charge in [-0.2, -0.15) is 5.10 Å². The summed E-state index contributed by atoms with van der Waals surface area (Å²) in [7, 11) is 0. The first-order valence-corrected chi connectivity index (χ1v) is 12.1. The van der Waals surface area contributed by atoms with E-state index in [-0.39, 0.29) is 17.9 Å². The van der Waals surface area contributed by atoms with Gasteiger partial charge in [0.15, 0.2) is 0 Å². The zero-order valence-electron chi connectivity index (χ0n) is 18.0. The van der Waals surface area contributed by atoms with Gasteiger partial charge in [-0.25, -0.2) is 5.01 Å². The number of amides is 1. The van der Waals surface area contributed by atoms with Crippen LogP contribution in [0, 0.1) is 5.92 Å². The molecule has 0 spiro atoms. The Bertz CT molecular complexity index is 903. The summed E-state index contributed by atoms with van der Waals surface area (Å²) in [5.41, 5.74) is 5.78. The number of hydrazine groups is 1. The molecular formula is C24H30Cl2N4O. The summed E-state index contributed by atoms with van der Waals surface area (Å²) in [6.07, 6.45) is 14.0. The van der Waals surface area contributed by atoms with Crippen LogP contribution >= 0.6 is 23.2 Å². The summed E-state index contributed by atoms with van der Waals surface area (Å²) in [6, 6.07) is 5.47. The van der Waals surface area contributed by atoms with Crippen LogP contribution in [0.2, 0.25) is 10.0 Å². The van der Waals surface area contributed by atoms with Crippen molar-refractivity contribution in [2.24, 2.45) is 11.0 Å². The van der Waals surface area contributed by atoms with Crippen molar-refractivity contribution in [3.8, 4) is 0 Å².